The second-order valence-electron chi connectivity index (χ2n) is 5.06. The third kappa shape index (κ3) is 5.57. The van der Waals surface area contributed by atoms with E-state index in [1.807, 2.05) is 25.1 Å². The van der Waals surface area contributed by atoms with Crippen molar-refractivity contribution >= 4 is 5.97 Å². The van der Waals surface area contributed by atoms with Crippen molar-refractivity contribution in [1.29, 1.82) is 0 Å². The van der Waals surface area contributed by atoms with Gasteiger partial charge in [0.05, 0.1) is 18.3 Å². The third-order valence-electron chi connectivity index (χ3n) is 3.28. The Hall–Kier alpha value is -1.61. The van der Waals surface area contributed by atoms with Gasteiger partial charge in [-0.25, -0.2) is 4.79 Å². The number of carbonyl (C=O) groups is 1. The van der Waals surface area contributed by atoms with Crippen molar-refractivity contribution in [3.63, 3.8) is 0 Å². The van der Waals surface area contributed by atoms with Crippen molar-refractivity contribution in [1.82, 2.24) is 0 Å². The number of aliphatic hydroxyl groups is 1. The van der Waals surface area contributed by atoms with Gasteiger partial charge in [-0.3, -0.25) is 0 Å². The fourth-order valence-corrected chi connectivity index (χ4v) is 2.00. The molecule has 3 heteroatoms. The van der Waals surface area contributed by atoms with Crippen LogP contribution in [0.5, 0.6) is 0 Å². The van der Waals surface area contributed by atoms with E-state index in [1.165, 1.54) is 0 Å². The first kappa shape index (κ1) is 16.4. The van der Waals surface area contributed by atoms with Gasteiger partial charge in [0, 0.05) is 0 Å². The molecule has 110 valence electrons. The third-order valence-corrected chi connectivity index (χ3v) is 3.28. The van der Waals surface area contributed by atoms with Crippen LogP contribution in [0.25, 0.3) is 0 Å². The molecule has 0 aliphatic heterocycles. The lowest BCUT2D eigenvalue weighted by molar-refractivity contribution is 0.0526. The number of hydrogen-bond acceptors (Lipinski definition) is 3. The van der Waals surface area contributed by atoms with E-state index in [2.05, 4.69) is 6.58 Å². The Balaban J connectivity index is 2.45. The zero-order valence-corrected chi connectivity index (χ0v) is 12.3. The number of rotatable bonds is 8. The number of carbonyl (C=O) groups excluding carboxylic acids is 1. The summed E-state index contributed by atoms with van der Waals surface area (Å²) >= 11 is 0. The maximum absolute atomic E-state index is 11.5. The van der Waals surface area contributed by atoms with Crippen LogP contribution < -0.4 is 0 Å². The molecule has 0 aromatic heterocycles. The van der Waals surface area contributed by atoms with E-state index < -0.39 is 0 Å². The van der Waals surface area contributed by atoms with E-state index in [0.717, 1.165) is 24.8 Å². The van der Waals surface area contributed by atoms with Crippen LogP contribution in [0.3, 0.4) is 0 Å². The van der Waals surface area contributed by atoms with E-state index in [9.17, 15) is 9.90 Å². The number of esters is 1. The zero-order valence-electron chi connectivity index (χ0n) is 12.3. The van der Waals surface area contributed by atoms with Crippen LogP contribution >= 0.6 is 0 Å². The highest BCUT2D eigenvalue weighted by Crippen LogP contribution is 2.14. The topological polar surface area (TPSA) is 46.5 Å². The molecule has 1 N–H and O–H groups in total. The molecule has 0 unspecified atom stereocenters. The van der Waals surface area contributed by atoms with Crippen LogP contribution in [0.2, 0.25) is 0 Å². The van der Waals surface area contributed by atoms with Gasteiger partial charge in [-0.2, -0.15) is 0 Å². The number of benzene rings is 1. The Labute approximate surface area is 121 Å². The van der Waals surface area contributed by atoms with Gasteiger partial charge in [-0.05, 0) is 49.8 Å². The van der Waals surface area contributed by atoms with Crippen molar-refractivity contribution in [3.05, 3.63) is 48.0 Å². The summed E-state index contributed by atoms with van der Waals surface area (Å²) < 4.78 is 4.93. The molecule has 0 amide bonds. The largest absolute Gasteiger partial charge is 0.462 e. The Kier molecular flexibility index (Phi) is 7.02. The van der Waals surface area contributed by atoms with Gasteiger partial charge in [0.2, 0.25) is 0 Å². The highest BCUT2D eigenvalue weighted by Gasteiger charge is 2.09. The number of ether oxygens (including phenoxy) is 1. The predicted octanol–water partition coefficient (Wildman–Crippen LogP) is 3.37. The maximum Gasteiger partial charge on any atom is 0.338 e. The molecule has 0 saturated heterocycles. The van der Waals surface area contributed by atoms with Crippen LogP contribution in [-0.4, -0.2) is 23.8 Å². The maximum atomic E-state index is 11.5. The minimum Gasteiger partial charge on any atom is -0.462 e. The molecule has 0 saturated carbocycles. The quantitative estimate of drug-likeness (QED) is 0.585. The predicted molar refractivity (Wildman–Crippen MR) is 80.7 cm³/mol. The van der Waals surface area contributed by atoms with E-state index in [0.29, 0.717) is 18.1 Å². The van der Waals surface area contributed by atoms with E-state index in [-0.39, 0.29) is 12.1 Å². The van der Waals surface area contributed by atoms with E-state index in [4.69, 9.17) is 4.74 Å². The molecule has 1 aromatic rings. The Morgan fingerprint density at radius 3 is 2.60 bits per heavy atom. The van der Waals surface area contributed by atoms with Crippen molar-refractivity contribution in [2.24, 2.45) is 5.92 Å². The summed E-state index contributed by atoms with van der Waals surface area (Å²) in [6.45, 7) is 7.94. The second kappa shape index (κ2) is 8.54. The first-order valence-electron chi connectivity index (χ1n) is 7.13. The smallest absolute Gasteiger partial charge is 0.338 e. The average molecular weight is 276 g/mol. The highest BCUT2D eigenvalue weighted by molar-refractivity contribution is 5.89. The molecular weight excluding hydrogens is 252 g/mol. The summed E-state index contributed by atoms with van der Waals surface area (Å²) in [5.74, 6) is 0.0371. The molecule has 0 bridgehead atoms. The SMILES string of the molecule is C=C[C@@H](C)C[C@H](O)CCc1ccc(C(=O)OCC)cc1. The van der Waals surface area contributed by atoms with Crippen molar-refractivity contribution < 1.29 is 14.6 Å². The molecule has 0 radical (unpaired) electrons. The minimum absolute atomic E-state index is 0.293. The van der Waals surface area contributed by atoms with Gasteiger partial charge >= 0.3 is 5.97 Å². The lowest BCUT2D eigenvalue weighted by atomic mass is 9.98. The van der Waals surface area contributed by atoms with Gasteiger partial charge in [0.15, 0.2) is 0 Å². The van der Waals surface area contributed by atoms with Crippen molar-refractivity contribution in [2.75, 3.05) is 6.61 Å². The molecular formula is C17H24O3. The van der Waals surface area contributed by atoms with E-state index >= 15 is 0 Å². The average Bonchev–Trinajstić information content (AvgIpc) is 2.45. The van der Waals surface area contributed by atoms with Gasteiger partial charge in [0.25, 0.3) is 0 Å². The van der Waals surface area contributed by atoms with Crippen LogP contribution in [0, 0.1) is 5.92 Å². The molecule has 1 rings (SSSR count). The van der Waals surface area contributed by atoms with Gasteiger partial charge in [0.1, 0.15) is 0 Å². The molecule has 20 heavy (non-hydrogen) atoms. The lowest BCUT2D eigenvalue weighted by Gasteiger charge is -2.13. The summed E-state index contributed by atoms with van der Waals surface area (Å²) in [5.41, 5.74) is 1.68. The molecule has 3 nitrogen and oxygen atoms in total. The number of hydrogen-bond donors (Lipinski definition) is 1. The van der Waals surface area contributed by atoms with Crippen LogP contribution in [0.15, 0.2) is 36.9 Å². The molecule has 0 aliphatic carbocycles. The Bertz CT molecular complexity index is 422. The van der Waals surface area contributed by atoms with Gasteiger partial charge < -0.3 is 9.84 Å². The molecule has 0 fully saturated rings. The van der Waals surface area contributed by atoms with Crippen molar-refractivity contribution in [3.8, 4) is 0 Å². The molecule has 2 atom stereocenters. The zero-order chi connectivity index (χ0) is 15.0. The molecule has 0 aliphatic rings. The molecule has 0 heterocycles. The number of aryl methyl sites for hydroxylation is 1. The van der Waals surface area contributed by atoms with Crippen LogP contribution in [0.4, 0.5) is 0 Å². The van der Waals surface area contributed by atoms with Crippen molar-refractivity contribution in [2.45, 2.75) is 39.2 Å². The number of allylic oxidation sites excluding steroid dienone is 1. The fraction of sp³-hybridized carbons (Fsp3) is 0.471. The Morgan fingerprint density at radius 1 is 1.40 bits per heavy atom. The first-order chi connectivity index (χ1) is 9.56. The second-order valence-corrected chi connectivity index (χ2v) is 5.06. The summed E-state index contributed by atoms with van der Waals surface area (Å²) in [6.07, 6.45) is 3.81. The first-order valence-corrected chi connectivity index (χ1v) is 7.13. The van der Waals surface area contributed by atoms with Crippen LogP contribution in [0.1, 0.15) is 42.6 Å². The Morgan fingerprint density at radius 2 is 2.05 bits per heavy atom. The number of aliphatic hydroxyl groups excluding tert-OH is 1. The standard InChI is InChI=1S/C17H24O3/c1-4-13(3)12-16(18)11-8-14-6-9-15(10-7-14)17(19)20-5-2/h4,6-7,9-10,13,16,18H,1,5,8,11-12H2,2-3H3/t13-,16-/m1/s1. The lowest BCUT2D eigenvalue weighted by Crippen LogP contribution is -2.11. The van der Waals surface area contributed by atoms with Crippen LogP contribution in [-0.2, 0) is 11.2 Å². The monoisotopic (exact) mass is 276 g/mol. The van der Waals surface area contributed by atoms with Gasteiger partial charge in [-0.15, -0.1) is 6.58 Å². The summed E-state index contributed by atoms with van der Waals surface area (Å²) in [6, 6.07) is 7.37. The summed E-state index contributed by atoms with van der Waals surface area (Å²) in [4.78, 5) is 11.5. The fourth-order valence-electron chi connectivity index (χ4n) is 2.00. The molecule has 1 aromatic carbocycles. The summed E-state index contributed by atoms with van der Waals surface area (Å²) in [5, 5.41) is 9.90. The van der Waals surface area contributed by atoms with Gasteiger partial charge in [-0.1, -0.05) is 25.1 Å². The summed E-state index contributed by atoms with van der Waals surface area (Å²) in [7, 11) is 0. The van der Waals surface area contributed by atoms with E-state index in [1.54, 1.807) is 19.1 Å². The normalized spacial score (nSPS) is 13.6. The minimum atomic E-state index is -0.312. The highest BCUT2D eigenvalue weighted by atomic mass is 16.5. The molecule has 0 spiro atoms.